The topological polar surface area (TPSA) is 27.7 Å². The molecule has 0 spiro atoms. The van der Waals surface area contributed by atoms with Gasteiger partial charge in [-0.2, -0.15) is 0 Å². The SMILES string of the molecule is C1=COSC(OC2=CC=COS2)=C1. The van der Waals surface area contributed by atoms with Crippen LogP contribution in [0, 0.1) is 0 Å². The van der Waals surface area contributed by atoms with E-state index < -0.39 is 0 Å². The van der Waals surface area contributed by atoms with Crippen LogP contribution in [-0.2, 0) is 13.1 Å². The molecule has 0 bridgehead atoms. The molecule has 68 valence electrons. The van der Waals surface area contributed by atoms with Crippen LogP contribution in [-0.4, -0.2) is 0 Å². The van der Waals surface area contributed by atoms with Crippen molar-refractivity contribution in [2.45, 2.75) is 0 Å². The fourth-order valence-corrected chi connectivity index (χ4v) is 1.70. The lowest BCUT2D eigenvalue weighted by Crippen LogP contribution is -1.91. The first-order valence-corrected chi connectivity index (χ1v) is 5.02. The normalized spacial score (nSPS) is 19.7. The van der Waals surface area contributed by atoms with Crippen LogP contribution in [0.3, 0.4) is 0 Å². The number of hydrogen-bond donors (Lipinski definition) is 0. The molecule has 5 heteroatoms. The van der Waals surface area contributed by atoms with Crippen LogP contribution in [0.25, 0.3) is 0 Å². The second-order valence-corrected chi connectivity index (χ2v) is 3.61. The lowest BCUT2D eigenvalue weighted by atomic mass is 10.6. The minimum Gasteiger partial charge on any atom is -0.437 e. The molecule has 0 atom stereocenters. The first-order chi connectivity index (χ1) is 6.45. The number of hydrogen-bond acceptors (Lipinski definition) is 5. The van der Waals surface area contributed by atoms with Crippen LogP contribution >= 0.6 is 24.1 Å². The van der Waals surface area contributed by atoms with E-state index in [4.69, 9.17) is 13.1 Å². The van der Waals surface area contributed by atoms with E-state index in [1.807, 2.05) is 12.2 Å². The van der Waals surface area contributed by atoms with Crippen molar-refractivity contribution in [3.63, 3.8) is 0 Å². The Kier molecular flexibility index (Phi) is 2.89. The van der Waals surface area contributed by atoms with Gasteiger partial charge in [0.2, 0.25) is 10.2 Å². The van der Waals surface area contributed by atoms with E-state index in [9.17, 15) is 0 Å². The Morgan fingerprint density at radius 1 is 0.923 bits per heavy atom. The van der Waals surface area contributed by atoms with Gasteiger partial charge in [0.05, 0.1) is 0 Å². The second-order valence-electron chi connectivity index (χ2n) is 2.09. The molecular formula is C8H6O3S2. The molecule has 2 heterocycles. The summed E-state index contributed by atoms with van der Waals surface area (Å²) in [5.74, 6) is 0. The highest BCUT2D eigenvalue weighted by molar-refractivity contribution is 7.99. The smallest absolute Gasteiger partial charge is 0.201 e. The van der Waals surface area contributed by atoms with Crippen molar-refractivity contribution in [3.8, 4) is 0 Å². The average molecular weight is 214 g/mol. The quantitative estimate of drug-likeness (QED) is 0.658. The number of allylic oxidation sites excluding steroid dienone is 4. The van der Waals surface area contributed by atoms with E-state index in [1.54, 1.807) is 24.7 Å². The van der Waals surface area contributed by atoms with E-state index >= 15 is 0 Å². The average Bonchev–Trinajstić information content (AvgIpc) is 2.21. The van der Waals surface area contributed by atoms with E-state index in [0.717, 1.165) is 0 Å². The zero-order valence-corrected chi connectivity index (χ0v) is 8.14. The van der Waals surface area contributed by atoms with Gasteiger partial charge >= 0.3 is 0 Å². The van der Waals surface area contributed by atoms with Gasteiger partial charge in [-0.25, -0.2) is 0 Å². The third-order valence-corrected chi connectivity index (χ3v) is 2.38. The molecule has 2 rings (SSSR count). The highest BCUT2D eigenvalue weighted by atomic mass is 32.2. The minimum atomic E-state index is 0.695. The summed E-state index contributed by atoms with van der Waals surface area (Å²) in [6.07, 6.45) is 10.4. The Balaban J connectivity index is 1.96. The summed E-state index contributed by atoms with van der Waals surface area (Å²) < 4.78 is 15.4. The Hall–Kier alpha value is -0.940. The summed E-state index contributed by atoms with van der Waals surface area (Å²) >= 11 is 2.35. The Bertz CT molecular complexity index is 275. The molecule has 0 unspecified atom stereocenters. The van der Waals surface area contributed by atoms with Crippen LogP contribution in [0.4, 0.5) is 0 Å². The predicted octanol–water partition coefficient (Wildman–Crippen LogP) is 3.07. The van der Waals surface area contributed by atoms with E-state index in [2.05, 4.69) is 0 Å². The van der Waals surface area contributed by atoms with E-state index in [0.29, 0.717) is 10.2 Å². The summed E-state index contributed by atoms with van der Waals surface area (Å²) in [5, 5.41) is 1.39. The third kappa shape index (κ3) is 2.50. The monoisotopic (exact) mass is 214 g/mol. The van der Waals surface area contributed by atoms with Crippen molar-refractivity contribution in [2.24, 2.45) is 0 Å². The molecule has 0 amide bonds. The molecule has 0 aromatic carbocycles. The van der Waals surface area contributed by atoms with Crippen molar-refractivity contribution in [2.75, 3.05) is 0 Å². The van der Waals surface area contributed by atoms with Gasteiger partial charge in [-0.15, -0.1) is 0 Å². The molecule has 2 aliphatic heterocycles. The maximum Gasteiger partial charge on any atom is 0.201 e. The van der Waals surface area contributed by atoms with E-state index in [-0.39, 0.29) is 0 Å². The highest BCUT2D eigenvalue weighted by Gasteiger charge is 2.09. The van der Waals surface area contributed by atoms with Crippen LogP contribution in [0.2, 0.25) is 0 Å². The Morgan fingerprint density at radius 2 is 1.46 bits per heavy atom. The molecule has 2 aliphatic rings. The van der Waals surface area contributed by atoms with Crippen molar-refractivity contribution < 1.29 is 13.1 Å². The first-order valence-electron chi connectivity index (χ1n) is 3.53. The van der Waals surface area contributed by atoms with Gasteiger partial charge in [0, 0.05) is 0 Å². The lowest BCUT2D eigenvalue weighted by Gasteiger charge is -2.12. The Morgan fingerprint density at radius 3 is 1.85 bits per heavy atom. The number of rotatable bonds is 2. The largest absolute Gasteiger partial charge is 0.437 e. The maximum atomic E-state index is 5.43. The number of ether oxygens (including phenoxy) is 1. The van der Waals surface area contributed by atoms with Gasteiger partial charge in [-0.05, 0) is 24.3 Å². The van der Waals surface area contributed by atoms with Gasteiger partial charge in [-0.3, -0.25) is 0 Å². The molecule has 0 fully saturated rings. The van der Waals surface area contributed by atoms with Crippen molar-refractivity contribution in [1.29, 1.82) is 0 Å². The predicted molar refractivity (Wildman–Crippen MR) is 52.9 cm³/mol. The van der Waals surface area contributed by atoms with Crippen LogP contribution in [0.1, 0.15) is 0 Å². The van der Waals surface area contributed by atoms with Gasteiger partial charge in [0.25, 0.3) is 0 Å². The van der Waals surface area contributed by atoms with Gasteiger partial charge in [0.15, 0.2) is 0 Å². The molecular weight excluding hydrogens is 208 g/mol. The zero-order chi connectivity index (χ0) is 8.93. The van der Waals surface area contributed by atoms with Crippen molar-refractivity contribution in [3.05, 3.63) is 47.0 Å². The summed E-state index contributed by atoms with van der Waals surface area (Å²) in [5.41, 5.74) is 0. The van der Waals surface area contributed by atoms with Crippen molar-refractivity contribution in [1.82, 2.24) is 0 Å². The summed E-state index contributed by atoms with van der Waals surface area (Å²) in [6, 6.07) is 0. The van der Waals surface area contributed by atoms with Gasteiger partial charge in [-0.1, -0.05) is 0 Å². The highest BCUT2D eigenvalue weighted by Crippen LogP contribution is 2.31. The van der Waals surface area contributed by atoms with Crippen LogP contribution in [0.15, 0.2) is 47.0 Å². The molecule has 3 nitrogen and oxygen atoms in total. The molecule has 0 saturated heterocycles. The zero-order valence-electron chi connectivity index (χ0n) is 6.51. The summed E-state index contributed by atoms with van der Waals surface area (Å²) in [4.78, 5) is 0. The molecule has 0 saturated carbocycles. The molecule has 0 aromatic rings. The lowest BCUT2D eigenvalue weighted by molar-refractivity contribution is 0.357. The fourth-order valence-electron chi connectivity index (χ4n) is 0.707. The first kappa shape index (κ1) is 8.65. The molecule has 0 aliphatic carbocycles. The molecule has 0 aromatic heterocycles. The van der Waals surface area contributed by atoms with Crippen LogP contribution in [0.5, 0.6) is 0 Å². The fraction of sp³-hybridized carbons (Fsp3) is 0. The molecule has 0 radical (unpaired) electrons. The molecule has 0 N–H and O–H groups in total. The van der Waals surface area contributed by atoms with Gasteiger partial charge < -0.3 is 13.1 Å². The summed E-state index contributed by atoms with van der Waals surface area (Å²) in [7, 11) is 0. The van der Waals surface area contributed by atoms with Crippen LogP contribution < -0.4 is 0 Å². The maximum absolute atomic E-state index is 5.43. The Labute approximate surface area is 84.5 Å². The third-order valence-electron chi connectivity index (χ3n) is 1.19. The second kappa shape index (κ2) is 4.34. The standard InChI is InChI=1S/C8H6O3S2/c1-3-7(12-9-5-1)11-8-4-2-6-10-13-8/h1-6H. The van der Waals surface area contributed by atoms with E-state index in [1.165, 1.54) is 24.1 Å². The summed E-state index contributed by atoms with van der Waals surface area (Å²) in [6.45, 7) is 0. The van der Waals surface area contributed by atoms with Gasteiger partial charge in [0.1, 0.15) is 36.6 Å². The van der Waals surface area contributed by atoms with Crippen molar-refractivity contribution >= 4 is 24.1 Å². The molecule has 13 heavy (non-hydrogen) atoms. The minimum absolute atomic E-state index is 0.695.